The first-order valence-corrected chi connectivity index (χ1v) is 9.24. The smallest absolute Gasteiger partial charge is 0.367 e. The number of amides is 1. The van der Waals surface area contributed by atoms with Crippen molar-refractivity contribution in [3.8, 4) is 0 Å². The summed E-state index contributed by atoms with van der Waals surface area (Å²) in [6.45, 7) is 1.35. The summed E-state index contributed by atoms with van der Waals surface area (Å²) in [4.78, 5) is 15.7. The number of para-hydroxylation sites is 1. The standard InChI is InChI=1S/C20H18F7N3O/c21-16-3-1-2-4-17(16)30-7-5-29(6-8-30)12-18(31)28-15-10-13(19(22,23)24)9-14(11-15)20(25,26)27/h1-4,9-11H,5-8,12H2,(H,28,31). The molecule has 31 heavy (non-hydrogen) atoms. The van der Waals surface area contributed by atoms with Crippen molar-refractivity contribution in [2.24, 2.45) is 0 Å². The molecule has 1 N–H and O–H groups in total. The van der Waals surface area contributed by atoms with Crippen LogP contribution in [0.15, 0.2) is 42.5 Å². The van der Waals surface area contributed by atoms with Gasteiger partial charge in [-0.05, 0) is 30.3 Å². The summed E-state index contributed by atoms with van der Waals surface area (Å²) in [5.74, 6) is -1.12. The molecule has 0 spiro atoms. The molecule has 3 rings (SSSR count). The molecule has 0 aromatic heterocycles. The molecule has 1 fully saturated rings. The molecule has 0 saturated carbocycles. The summed E-state index contributed by atoms with van der Waals surface area (Å²) in [7, 11) is 0. The van der Waals surface area contributed by atoms with E-state index in [-0.39, 0.29) is 18.4 Å². The monoisotopic (exact) mass is 449 g/mol. The maximum absolute atomic E-state index is 13.9. The highest BCUT2D eigenvalue weighted by molar-refractivity contribution is 5.92. The zero-order valence-electron chi connectivity index (χ0n) is 16.0. The largest absolute Gasteiger partial charge is 0.416 e. The van der Waals surface area contributed by atoms with Crippen LogP contribution in [-0.2, 0) is 17.1 Å². The van der Waals surface area contributed by atoms with Crippen molar-refractivity contribution in [3.63, 3.8) is 0 Å². The maximum Gasteiger partial charge on any atom is 0.416 e. The van der Waals surface area contributed by atoms with Crippen LogP contribution in [0.2, 0.25) is 0 Å². The summed E-state index contributed by atoms with van der Waals surface area (Å²) < 4.78 is 91.5. The third-order valence-electron chi connectivity index (χ3n) is 4.80. The molecule has 1 heterocycles. The van der Waals surface area contributed by atoms with Gasteiger partial charge in [0.2, 0.25) is 5.91 Å². The number of carbonyl (C=O) groups excluding carboxylic acids is 1. The molecule has 1 aliphatic heterocycles. The van der Waals surface area contributed by atoms with Crippen LogP contribution in [0, 0.1) is 5.82 Å². The van der Waals surface area contributed by atoms with Gasteiger partial charge < -0.3 is 10.2 Å². The second-order valence-electron chi connectivity index (χ2n) is 7.06. The lowest BCUT2D eigenvalue weighted by Gasteiger charge is -2.35. The highest BCUT2D eigenvalue weighted by Gasteiger charge is 2.37. The van der Waals surface area contributed by atoms with Crippen molar-refractivity contribution in [3.05, 3.63) is 59.4 Å². The molecule has 11 heteroatoms. The number of anilines is 2. The van der Waals surface area contributed by atoms with E-state index in [4.69, 9.17) is 0 Å². The van der Waals surface area contributed by atoms with Gasteiger partial charge in [0.25, 0.3) is 0 Å². The number of hydrogen-bond acceptors (Lipinski definition) is 3. The summed E-state index contributed by atoms with van der Waals surface area (Å²) in [6, 6.07) is 7.15. The fourth-order valence-corrected chi connectivity index (χ4v) is 3.29. The third-order valence-corrected chi connectivity index (χ3v) is 4.80. The van der Waals surface area contributed by atoms with Crippen molar-refractivity contribution >= 4 is 17.3 Å². The number of rotatable bonds is 4. The molecule has 2 aromatic carbocycles. The molecule has 1 saturated heterocycles. The average Bonchev–Trinajstić information content (AvgIpc) is 2.67. The predicted octanol–water partition coefficient (Wildman–Crippen LogP) is 4.62. The number of nitrogens with one attached hydrogen (secondary N) is 1. The third kappa shape index (κ3) is 5.87. The van der Waals surface area contributed by atoms with Gasteiger partial charge in [0.15, 0.2) is 0 Å². The quantitative estimate of drug-likeness (QED) is 0.692. The summed E-state index contributed by atoms with van der Waals surface area (Å²) in [5.41, 5.74) is -3.17. The van der Waals surface area contributed by atoms with Gasteiger partial charge in [0.1, 0.15) is 5.82 Å². The Morgan fingerprint density at radius 3 is 1.94 bits per heavy atom. The summed E-state index contributed by atoms with van der Waals surface area (Å²) in [6.07, 6.45) is -9.99. The summed E-state index contributed by atoms with van der Waals surface area (Å²) in [5, 5.41) is 2.11. The van der Waals surface area contributed by atoms with Crippen LogP contribution in [0.4, 0.5) is 42.1 Å². The Hall–Kier alpha value is -2.82. The average molecular weight is 449 g/mol. The molecular formula is C20H18F7N3O. The number of nitrogens with zero attached hydrogens (tertiary/aromatic N) is 2. The highest BCUT2D eigenvalue weighted by Crippen LogP contribution is 2.37. The lowest BCUT2D eigenvalue weighted by Crippen LogP contribution is -2.48. The van der Waals surface area contributed by atoms with Crippen molar-refractivity contribution < 1.29 is 35.5 Å². The minimum atomic E-state index is -5.00. The normalized spacial score (nSPS) is 15.8. The SMILES string of the molecule is O=C(CN1CCN(c2ccccc2F)CC1)Nc1cc(C(F)(F)F)cc(C(F)(F)F)c1. The summed E-state index contributed by atoms with van der Waals surface area (Å²) >= 11 is 0. The van der Waals surface area contributed by atoms with Crippen LogP contribution in [-0.4, -0.2) is 43.5 Å². The van der Waals surface area contributed by atoms with Gasteiger partial charge in [-0.3, -0.25) is 9.69 Å². The number of alkyl halides is 6. The number of benzene rings is 2. The topological polar surface area (TPSA) is 35.6 Å². The van der Waals surface area contributed by atoms with E-state index in [2.05, 4.69) is 5.32 Å². The van der Waals surface area contributed by atoms with Gasteiger partial charge in [0, 0.05) is 31.9 Å². The fraction of sp³-hybridized carbons (Fsp3) is 0.350. The molecule has 0 atom stereocenters. The molecule has 2 aromatic rings. The van der Waals surface area contributed by atoms with Gasteiger partial charge in [-0.2, -0.15) is 26.3 Å². The number of halogens is 7. The zero-order chi connectivity index (χ0) is 22.8. The Labute approximate surface area is 173 Å². The first-order valence-electron chi connectivity index (χ1n) is 9.24. The van der Waals surface area contributed by atoms with Gasteiger partial charge in [-0.25, -0.2) is 4.39 Å². The van der Waals surface area contributed by atoms with E-state index in [0.717, 1.165) is 0 Å². The molecule has 1 amide bonds. The Bertz CT molecular complexity index is 903. The Kier molecular flexibility index (Phi) is 6.44. The molecule has 0 bridgehead atoms. The van der Waals surface area contributed by atoms with E-state index in [1.165, 1.54) is 6.07 Å². The number of piperazine rings is 1. The van der Waals surface area contributed by atoms with Crippen LogP contribution in [0.1, 0.15) is 11.1 Å². The lowest BCUT2D eigenvalue weighted by atomic mass is 10.1. The minimum Gasteiger partial charge on any atom is -0.367 e. The Balaban J connectivity index is 1.63. The van der Waals surface area contributed by atoms with Crippen molar-refractivity contribution in [1.29, 1.82) is 0 Å². The molecule has 1 aliphatic rings. The van der Waals surface area contributed by atoms with Crippen LogP contribution < -0.4 is 10.2 Å². The van der Waals surface area contributed by atoms with Gasteiger partial charge in [-0.1, -0.05) is 12.1 Å². The lowest BCUT2D eigenvalue weighted by molar-refractivity contribution is -0.143. The van der Waals surface area contributed by atoms with E-state index in [1.54, 1.807) is 28.0 Å². The van der Waals surface area contributed by atoms with Crippen molar-refractivity contribution in [1.82, 2.24) is 4.90 Å². The first kappa shape index (κ1) is 22.9. The van der Waals surface area contributed by atoms with Crippen molar-refractivity contribution in [2.75, 3.05) is 42.9 Å². The Morgan fingerprint density at radius 1 is 0.871 bits per heavy atom. The molecule has 0 aliphatic carbocycles. The molecule has 0 radical (unpaired) electrons. The molecule has 0 unspecified atom stereocenters. The van der Waals surface area contributed by atoms with Gasteiger partial charge in [0.05, 0.1) is 23.4 Å². The Morgan fingerprint density at radius 2 is 1.42 bits per heavy atom. The van der Waals surface area contributed by atoms with E-state index in [9.17, 15) is 35.5 Å². The van der Waals surface area contributed by atoms with E-state index in [1.807, 2.05) is 0 Å². The van der Waals surface area contributed by atoms with Gasteiger partial charge in [-0.15, -0.1) is 0 Å². The fourth-order valence-electron chi connectivity index (χ4n) is 3.29. The molecule has 168 valence electrons. The zero-order valence-corrected chi connectivity index (χ0v) is 16.0. The molecular weight excluding hydrogens is 431 g/mol. The van der Waals surface area contributed by atoms with E-state index < -0.39 is 35.1 Å². The van der Waals surface area contributed by atoms with E-state index >= 15 is 0 Å². The highest BCUT2D eigenvalue weighted by atomic mass is 19.4. The number of carbonyl (C=O) groups is 1. The van der Waals surface area contributed by atoms with Crippen LogP contribution in [0.5, 0.6) is 0 Å². The maximum atomic E-state index is 13.9. The van der Waals surface area contributed by atoms with E-state index in [0.29, 0.717) is 44.0 Å². The second-order valence-corrected chi connectivity index (χ2v) is 7.06. The van der Waals surface area contributed by atoms with Crippen molar-refractivity contribution in [2.45, 2.75) is 12.4 Å². The minimum absolute atomic E-state index is 0.00239. The van der Waals surface area contributed by atoms with Crippen LogP contribution in [0.3, 0.4) is 0 Å². The first-order chi connectivity index (χ1) is 14.4. The second kappa shape index (κ2) is 8.74. The van der Waals surface area contributed by atoms with Gasteiger partial charge >= 0.3 is 12.4 Å². The van der Waals surface area contributed by atoms with Crippen LogP contribution in [0.25, 0.3) is 0 Å². The molecule has 4 nitrogen and oxygen atoms in total. The predicted molar refractivity (Wildman–Crippen MR) is 100 cm³/mol. The van der Waals surface area contributed by atoms with Crippen LogP contribution >= 0.6 is 0 Å². The number of hydrogen-bond donors (Lipinski definition) is 1.